The zero-order valence-corrected chi connectivity index (χ0v) is 21.9. The van der Waals surface area contributed by atoms with Gasteiger partial charge in [-0.25, -0.2) is 0 Å². The zero-order valence-electron chi connectivity index (χ0n) is 20.3. The molecule has 1 spiro atoms. The maximum Gasteiger partial charge on any atom is 0.250 e. The molecule has 192 valence electrons. The van der Waals surface area contributed by atoms with Crippen molar-refractivity contribution >= 4 is 50.1 Å². The van der Waals surface area contributed by atoms with E-state index in [0.29, 0.717) is 38.0 Å². The topological polar surface area (TPSA) is 108 Å². The lowest BCUT2D eigenvalue weighted by atomic mass is 9.70. The number of halogens is 1. The molecular formula is C27H32BrN3O5. The maximum atomic E-state index is 13.9. The van der Waals surface area contributed by atoms with E-state index in [4.69, 9.17) is 4.74 Å². The van der Waals surface area contributed by atoms with Crippen molar-refractivity contribution in [1.29, 1.82) is 0 Å². The number of ether oxygens (including phenoxy) is 1. The average molecular weight is 558 g/mol. The summed E-state index contributed by atoms with van der Waals surface area (Å²) in [7, 11) is 0. The smallest absolute Gasteiger partial charge is 0.250 e. The number of rotatable bonds is 9. The van der Waals surface area contributed by atoms with E-state index in [1.165, 1.54) is 0 Å². The van der Waals surface area contributed by atoms with Crippen molar-refractivity contribution < 1.29 is 24.2 Å². The van der Waals surface area contributed by atoms with E-state index in [2.05, 4.69) is 26.6 Å². The van der Waals surface area contributed by atoms with Crippen LogP contribution in [0.5, 0.6) is 0 Å². The second-order valence-electron chi connectivity index (χ2n) is 9.97. The van der Waals surface area contributed by atoms with Gasteiger partial charge < -0.3 is 25.4 Å². The molecule has 3 unspecified atom stereocenters. The van der Waals surface area contributed by atoms with Crippen LogP contribution in [-0.2, 0) is 19.1 Å². The van der Waals surface area contributed by atoms with Crippen molar-refractivity contribution in [2.24, 2.45) is 11.8 Å². The highest BCUT2D eigenvalue weighted by molar-refractivity contribution is 9.09. The average Bonchev–Trinajstić information content (AvgIpc) is 3.46. The molecule has 3 saturated heterocycles. The lowest BCUT2D eigenvalue weighted by Gasteiger charge is -2.34. The fourth-order valence-electron chi connectivity index (χ4n) is 6.21. The number of carbonyl (C=O) groups excluding carboxylic acids is 3. The molecule has 0 saturated carbocycles. The van der Waals surface area contributed by atoms with Gasteiger partial charge in [0, 0.05) is 30.2 Å². The molecule has 2 aromatic carbocycles. The summed E-state index contributed by atoms with van der Waals surface area (Å²) < 4.78 is 6.48. The summed E-state index contributed by atoms with van der Waals surface area (Å²) >= 11 is 3.68. The highest BCUT2D eigenvalue weighted by Gasteiger charge is 2.76. The summed E-state index contributed by atoms with van der Waals surface area (Å²) in [4.78, 5) is 42.3. The van der Waals surface area contributed by atoms with Crippen LogP contribution in [0.3, 0.4) is 0 Å². The van der Waals surface area contributed by atoms with Gasteiger partial charge in [0.25, 0.3) is 0 Å². The molecule has 0 radical (unpaired) electrons. The molecule has 6 atom stereocenters. The first-order valence-electron chi connectivity index (χ1n) is 12.7. The summed E-state index contributed by atoms with van der Waals surface area (Å²) in [6.45, 7) is 2.82. The Labute approximate surface area is 218 Å². The van der Waals surface area contributed by atoms with Crippen molar-refractivity contribution in [1.82, 2.24) is 10.2 Å². The van der Waals surface area contributed by atoms with E-state index in [1.807, 2.05) is 49.4 Å². The highest BCUT2D eigenvalue weighted by Crippen LogP contribution is 2.60. The van der Waals surface area contributed by atoms with E-state index in [9.17, 15) is 19.5 Å². The van der Waals surface area contributed by atoms with Crippen LogP contribution in [0.4, 0.5) is 5.69 Å². The summed E-state index contributed by atoms with van der Waals surface area (Å²) in [5.41, 5.74) is -0.439. The van der Waals surface area contributed by atoms with Gasteiger partial charge in [-0.15, -0.1) is 0 Å². The number of amides is 3. The lowest BCUT2D eigenvalue weighted by Crippen LogP contribution is -2.54. The number of likely N-dealkylation sites (tertiary alicyclic amines) is 1. The van der Waals surface area contributed by atoms with Crippen LogP contribution in [0.1, 0.15) is 32.6 Å². The molecular weight excluding hydrogens is 526 g/mol. The van der Waals surface area contributed by atoms with Crippen LogP contribution in [0.15, 0.2) is 42.5 Å². The number of alkyl halides is 1. The summed E-state index contributed by atoms with van der Waals surface area (Å²) in [5, 5.41) is 17.3. The SMILES string of the molecule is CCCNC(=O)[C@H]1[C@@H]2OC3(CC2Br)C(C(=O)Nc2ccc4ccccc4c2)N(CCCCO)C(=O)[C@H]13. The predicted molar refractivity (Wildman–Crippen MR) is 140 cm³/mol. The number of unbranched alkanes of at least 4 members (excludes halogenated alkanes) is 1. The number of benzene rings is 2. The predicted octanol–water partition coefficient (Wildman–Crippen LogP) is 2.83. The third kappa shape index (κ3) is 4.11. The number of hydrogen-bond acceptors (Lipinski definition) is 5. The van der Waals surface area contributed by atoms with Gasteiger partial charge in [0.05, 0.1) is 17.9 Å². The molecule has 3 aliphatic heterocycles. The lowest BCUT2D eigenvalue weighted by molar-refractivity contribution is -0.140. The van der Waals surface area contributed by atoms with Crippen molar-refractivity contribution in [3.8, 4) is 0 Å². The number of hydrogen-bond donors (Lipinski definition) is 3. The van der Waals surface area contributed by atoms with Gasteiger partial charge in [-0.3, -0.25) is 14.4 Å². The van der Waals surface area contributed by atoms with Gasteiger partial charge in [0.15, 0.2) is 0 Å². The third-order valence-electron chi connectivity index (χ3n) is 7.71. The molecule has 5 rings (SSSR count). The second-order valence-corrected chi connectivity index (χ2v) is 11.1. The standard InChI is InChI=1S/C27H32BrN3O5/c1-2-11-29-24(33)20-21-26(35)31(12-5-6-13-32)23(27(21)15-19(28)22(20)36-27)25(34)30-18-10-9-16-7-3-4-8-17(16)14-18/h3-4,7-10,14,19-23,32H,2,5-6,11-13,15H2,1H3,(H,29,33)(H,30,34)/t19?,20-,21+,22-,23?,27?/m1/s1. The number of nitrogens with zero attached hydrogens (tertiary/aromatic N) is 1. The summed E-state index contributed by atoms with van der Waals surface area (Å²) in [5.74, 6) is -2.10. The normalized spacial score (nSPS) is 30.6. The largest absolute Gasteiger partial charge is 0.396 e. The van der Waals surface area contributed by atoms with Gasteiger partial charge in [-0.2, -0.15) is 0 Å². The van der Waals surface area contributed by atoms with E-state index in [-0.39, 0.29) is 29.2 Å². The van der Waals surface area contributed by atoms with Crippen LogP contribution >= 0.6 is 15.9 Å². The number of carbonyl (C=O) groups is 3. The fraction of sp³-hybridized carbons (Fsp3) is 0.519. The maximum absolute atomic E-state index is 13.9. The Morgan fingerprint density at radius 3 is 2.69 bits per heavy atom. The molecule has 0 aliphatic carbocycles. The van der Waals surface area contributed by atoms with Crippen LogP contribution in [0.25, 0.3) is 10.8 Å². The van der Waals surface area contributed by atoms with Gasteiger partial charge >= 0.3 is 0 Å². The van der Waals surface area contributed by atoms with Crippen LogP contribution in [0, 0.1) is 11.8 Å². The number of fused-ring (bicyclic) bond motifs is 2. The minimum atomic E-state index is -1.08. The number of anilines is 1. The Bertz CT molecular complexity index is 1180. The van der Waals surface area contributed by atoms with E-state index >= 15 is 0 Å². The van der Waals surface area contributed by atoms with E-state index in [0.717, 1.165) is 17.2 Å². The van der Waals surface area contributed by atoms with Crippen LogP contribution in [0.2, 0.25) is 0 Å². The van der Waals surface area contributed by atoms with Crippen molar-refractivity contribution in [2.75, 3.05) is 25.0 Å². The number of aliphatic hydroxyl groups excluding tert-OH is 1. The first kappa shape index (κ1) is 25.2. The zero-order chi connectivity index (χ0) is 25.4. The molecule has 2 bridgehead atoms. The summed E-state index contributed by atoms with van der Waals surface area (Å²) in [6, 6.07) is 12.7. The van der Waals surface area contributed by atoms with E-state index < -0.39 is 29.6 Å². The van der Waals surface area contributed by atoms with Crippen LogP contribution < -0.4 is 10.6 Å². The first-order valence-corrected chi connectivity index (χ1v) is 13.6. The molecule has 3 N–H and O–H groups in total. The Kier molecular flexibility index (Phi) is 7.07. The molecule has 9 heteroatoms. The van der Waals surface area contributed by atoms with Gasteiger partial charge in [-0.05, 0) is 48.6 Å². The first-order chi connectivity index (χ1) is 17.4. The number of aliphatic hydroxyl groups is 1. The molecule has 3 heterocycles. The van der Waals surface area contributed by atoms with Crippen LogP contribution in [-0.4, -0.2) is 70.0 Å². The highest BCUT2D eigenvalue weighted by atomic mass is 79.9. The Morgan fingerprint density at radius 2 is 1.94 bits per heavy atom. The molecule has 3 aliphatic rings. The Balaban J connectivity index is 1.48. The van der Waals surface area contributed by atoms with Gasteiger partial charge in [0.1, 0.15) is 11.6 Å². The minimum Gasteiger partial charge on any atom is -0.396 e. The molecule has 0 aromatic heterocycles. The Morgan fingerprint density at radius 1 is 1.17 bits per heavy atom. The van der Waals surface area contributed by atoms with Gasteiger partial charge in [-0.1, -0.05) is 53.2 Å². The third-order valence-corrected chi connectivity index (χ3v) is 8.56. The second kappa shape index (κ2) is 10.1. The minimum absolute atomic E-state index is 0.00858. The Hall–Kier alpha value is -2.49. The molecule has 2 aromatic rings. The van der Waals surface area contributed by atoms with E-state index in [1.54, 1.807) is 4.90 Å². The summed E-state index contributed by atoms with van der Waals surface area (Å²) in [6.07, 6.45) is 1.86. The quantitative estimate of drug-likeness (QED) is 0.324. The van der Waals surface area contributed by atoms with Crippen molar-refractivity contribution in [3.05, 3.63) is 42.5 Å². The molecule has 36 heavy (non-hydrogen) atoms. The molecule has 3 fully saturated rings. The number of nitrogens with one attached hydrogen (secondary N) is 2. The fourth-order valence-corrected chi connectivity index (χ4v) is 7.15. The van der Waals surface area contributed by atoms with Crippen molar-refractivity contribution in [3.63, 3.8) is 0 Å². The molecule has 8 nitrogen and oxygen atoms in total. The monoisotopic (exact) mass is 557 g/mol. The van der Waals surface area contributed by atoms with Gasteiger partial charge in [0.2, 0.25) is 17.7 Å². The van der Waals surface area contributed by atoms with Crippen molar-refractivity contribution in [2.45, 2.75) is 55.2 Å². The molecule has 3 amide bonds.